The highest BCUT2D eigenvalue weighted by molar-refractivity contribution is 5.77. The summed E-state index contributed by atoms with van der Waals surface area (Å²) in [7, 11) is 0. The fourth-order valence-corrected chi connectivity index (χ4v) is 5.12. The zero-order valence-corrected chi connectivity index (χ0v) is 18.0. The van der Waals surface area contributed by atoms with Crippen molar-refractivity contribution in [3.05, 3.63) is 40.7 Å². The molecule has 2 aliphatic rings. The zero-order valence-electron chi connectivity index (χ0n) is 18.0. The Morgan fingerprint density at radius 1 is 1.30 bits per heavy atom. The van der Waals surface area contributed by atoms with E-state index in [-0.39, 0.29) is 23.0 Å². The van der Waals surface area contributed by atoms with Gasteiger partial charge in [-0.3, -0.25) is 9.36 Å². The van der Waals surface area contributed by atoms with E-state index in [4.69, 9.17) is 4.74 Å². The first-order valence-corrected chi connectivity index (χ1v) is 10.8. The molecule has 162 valence electrons. The number of hydrogen-bond acceptors (Lipinski definition) is 4. The SMILES string of the molecule is CC(C)(C)OC(=O)N1CCC(Cn2cnc3ccc(F)cc3c2=O)C2(CCCC2)C1. The summed E-state index contributed by atoms with van der Waals surface area (Å²) in [6.45, 7) is 7.46. The Bertz CT molecular complexity index is 1000. The molecular weight excluding hydrogens is 385 g/mol. The fraction of sp³-hybridized carbons (Fsp3) is 0.609. The van der Waals surface area contributed by atoms with Gasteiger partial charge in [0.15, 0.2) is 0 Å². The van der Waals surface area contributed by atoms with Crippen LogP contribution in [-0.4, -0.2) is 39.2 Å². The second-order valence-corrected chi connectivity index (χ2v) is 9.82. The van der Waals surface area contributed by atoms with E-state index in [1.54, 1.807) is 10.9 Å². The Hall–Kier alpha value is -2.44. The van der Waals surface area contributed by atoms with Crippen LogP contribution in [0.4, 0.5) is 9.18 Å². The molecule has 0 radical (unpaired) electrons. The van der Waals surface area contributed by atoms with Gasteiger partial charge in [0, 0.05) is 19.6 Å². The van der Waals surface area contributed by atoms with Crippen LogP contribution in [0.15, 0.2) is 29.3 Å². The van der Waals surface area contributed by atoms with Crippen LogP contribution in [-0.2, 0) is 11.3 Å². The van der Waals surface area contributed by atoms with Gasteiger partial charge in [-0.05, 0) is 69.6 Å². The molecule has 1 spiro atoms. The average Bonchev–Trinajstić information content (AvgIpc) is 3.13. The van der Waals surface area contributed by atoms with Crippen molar-refractivity contribution in [2.45, 2.75) is 65.0 Å². The predicted molar refractivity (Wildman–Crippen MR) is 113 cm³/mol. The predicted octanol–water partition coefficient (Wildman–Crippen LogP) is 4.35. The number of halogens is 1. The molecule has 1 atom stereocenters. The van der Waals surface area contributed by atoms with Gasteiger partial charge in [-0.15, -0.1) is 0 Å². The number of ether oxygens (including phenoxy) is 1. The van der Waals surface area contributed by atoms with Crippen molar-refractivity contribution in [2.75, 3.05) is 13.1 Å². The molecule has 1 unspecified atom stereocenters. The Morgan fingerprint density at radius 2 is 2.03 bits per heavy atom. The Balaban J connectivity index is 1.58. The third-order valence-corrected chi connectivity index (χ3v) is 6.57. The van der Waals surface area contributed by atoms with Gasteiger partial charge in [-0.25, -0.2) is 14.2 Å². The summed E-state index contributed by atoms with van der Waals surface area (Å²) < 4.78 is 20.9. The molecule has 1 aliphatic carbocycles. The first kappa shape index (κ1) is 20.8. The number of likely N-dealkylation sites (tertiary alicyclic amines) is 1. The molecule has 30 heavy (non-hydrogen) atoms. The van der Waals surface area contributed by atoms with Gasteiger partial charge in [0.25, 0.3) is 5.56 Å². The van der Waals surface area contributed by atoms with Gasteiger partial charge in [-0.2, -0.15) is 0 Å². The summed E-state index contributed by atoms with van der Waals surface area (Å²) in [4.78, 5) is 31.8. The number of piperidine rings is 1. The minimum Gasteiger partial charge on any atom is -0.444 e. The van der Waals surface area contributed by atoms with E-state index in [0.717, 1.165) is 32.1 Å². The third-order valence-electron chi connectivity index (χ3n) is 6.57. The second-order valence-electron chi connectivity index (χ2n) is 9.82. The van der Waals surface area contributed by atoms with Crippen LogP contribution in [0.2, 0.25) is 0 Å². The molecule has 1 amide bonds. The number of benzene rings is 1. The molecule has 1 aromatic heterocycles. The monoisotopic (exact) mass is 415 g/mol. The number of rotatable bonds is 2. The number of carbonyl (C=O) groups excluding carboxylic acids is 1. The summed E-state index contributed by atoms with van der Waals surface area (Å²) >= 11 is 0. The molecular formula is C23H30FN3O3. The lowest BCUT2D eigenvalue weighted by atomic mass is 9.69. The molecule has 1 aliphatic heterocycles. The van der Waals surface area contributed by atoms with Gasteiger partial charge >= 0.3 is 6.09 Å². The Labute approximate surface area is 176 Å². The van der Waals surface area contributed by atoms with Crippen LogP contribution in [0.25, 0.3) is 10.9 Å². The summed E-state index contributed by atoms with van der Waals surface area (Å²) in [6.07, 6.45) is 6.48. The normalized spacial score (nSPS) is 21.3. The molecule has 1 saturated heterocycles. The van der Waals surface area contributed by atoms with Crippen LogP contribution in [0.5, 0.6) is 0 Å². The van der Waals surface area contributed by atoms with Crippen molar-refractivity contribution in [2.24, 2.45) is 11.3 Å². The lowest BCUT2D eigenvalue weighted by molar-refractivity contribution is -0.0156. The first-order chi connectivity index (χ1) is 14.2. The van der Waals surface area contributed by atoms with Crippen LogP contribution in [0.3, 0.4) is 0 Å². The molecule has 4 rings (SSSR count). The van der Waals surface area contributed by atoms with Crippen LogP contribution < -0.4 is 5.56 Å². The van der Waals surface area contributed by atoms with Crippen molar-refractivity contribution in [1.29, 1.82) is 0 Å². The smallest absolute Gasteiger partial charge is 0.410 e. The Morgan fingerprint density at radius 3 is 2.73 bits per heavy atom. The number of nitrogens with zero attached hydrogens (tertiary/aromatic N) is 3. The minimum absolute atomic E-state index is 0.00844. The maximum absolute atomic E-state index is 13.7. The molecule has 2 aromatic rings. The standard InChI is InChI=1S/C23H30FN3O3/c1-22(2,3)30-21(29)26-11-8-16(23(14-26)9-4-5-10-23)13-27-15-25-19-7-6-17(24)12-18(19)20(27)28/h6-7,12,15-16H,4-5,8-11,13-14H2,1-3H3. The van der Waals surface area contributed by atoms with Gasteiger partial charge < -0.3 is 9.64 Å². The zero-order chi connectivity index (χ0) is 21.5. The van der Waals surface area contributed by atoms with Crippen molar-refractivity contribution in [3.63, 3.8) is 0 Å². The number of amides is 1. The van der Waals surface area contributed by atoms with Gasteiger partial charge in [-0.1, -0.05) is 12.8 Å². The van der Waals surface area contributed by atoms with Gasteiger partial charge in [0.1, 0.15) is 11.4 Å². The number of hydrogen-bond donors (Lipinski definition) is 0. The van der Waals surface area contributed by atoms with E-state index in [1.165, 1.54) is 18.2 Å². The molecule has 2 heterocycles. The molecule has 1 aromatic carbocycles. The number of fused-ring (bicyclic) bond motifs is 1. The van der Waals surface area contributed by atoms with E-state index in [9.17, 15) is 14.0 Å². The van der Waals surface area contributed by atoms with Gasteiger partial charge in [0.05, 0.1) is 17.2 Å². The lowest BCUT2D eigenvalue weighted by Gasteiger charge is -2.46. The van der Waals surface area contributed by atoms with Gasteiger partial charge in [0.2, 0.25) is 0 Å². The first-order valence-electron chi connectivity index (χ1n) is 10.8. The maximum Gasteiger partial charge on any atom is 0.410 e. The maximum atomic E-state index is 13.7. The van der Waals surface area contributed by atoms with E-state index in [1.807, 2.05) is 25.7 Å². The van der Waals surface area contributed by atoms with Crippen molar-refractivity contribution in [3.8, 4) is 0 Å². The number of carbonyl (C=O) groups is 1. The molecule has 0 N–H and O–H groups in total. The van der Waals surface area contributed by atoms with E-state index < -0.39 is 11.4 Å². The van der Waals surface area contributed by atoms with Crippen LogP contribution in [0.1, 0.15) is 52.9 Å². The summed E-state index contributed by atoms with van der Waals surface area (Å²) in [5.41, 5.74) is -0.225. The highest BCUT2D eigenvalue weighted by Gasteiger charge is 2.46. The quantitative estimate of drug-likeness (QED) is 0.731. The van der Waals surface area contributed by atoms with Crippen molar-refractivity contribution in [1.82, 2.24) is 14.5 Å². The topological polar surface area (TPSA) is 64.4 Å². The highest BCUT2D eigenvalue weighted by Crippen LogP contribution is 2.49. The largest absolute Gasteiger partial charge is 0.444 e. The molecule has 0 bridgehead atoms. The van der Waals surface area contributed by atoms with E-state index in [2.05, 4.69) is 4.98 Å². The molecule has 1 saturated carbocycles. The van der Waals surface area contributed by atoms with Crippen molar-refractivity contribution < 1.29 is 13.9 Å². The summed E-state index contributed by atoms with van der Waals surface area (Å²) in [5, 5.41) is 0.309. The third kappa shape index (κ3) is 4.07. The second kappa shape index (κ2) is 7.67. The van der Waals surface area contributed by atoms with E-state index in [0.29, 0.717) is 30.5 Å². The average molecular weight is 416 g/mol. The summed E-state index contributed by atoms with van der Waals surface area (Å²) in [5.74, 6) is -0.165. The fourth-order valence-electron chi connectivity index (χ4n) is 5.12. The molecule has 6 nitrogen and oxygen atoms in total. The molecule has 7 heteroatoms. The number of aromatic nitrogens is 2. The summed E-state index contributed by atoms with van der Waals surface area (Å²) in [6, 6.07) is 4.12. The lowest BCUT2D eigenvalue weighted by Crippen LogP contribution is -2.52. The van der Waals surface area contributed by atoms with Crippen molar-refractivity contribution >= 4 is 17.0 Å². The molecule has 2 fully saturated rings. The highest BCUT2D eigenvalue weighted by atomic mass is 19.1. The Kier molecular flexibility index (Phi) is 5.32. The van der Waals surface area contributed by atoms with E-state index >= 15 is 0 Å². The minimum atomic E-state index is -0.518. The van der Waals surface area contributed by atoms with Crippen LogP contribution >= 0.6 is 0 Å². The van der Waals surface area contributed by atoms with Crippen LogP contribution in [0, 0.1) is 17.2 Å².